The molecule has 0 unspecified atom stereocenters. The van der Waals surface area contributed by atoms with Crippen LogP contribution in [0.4, 0.5) is 4.39 Å². The molecule has 0 radical (unpaired) electrons. The minimum absolute atomic E-state index is 0.0379. The zero-order valence-corrected chi connectivity index (χ0v) is 14.4. The van der Waals surface area contributed by atoms with Crippen LogP contribution in [-0.4, -0.2) is 31.5 Å². The van der Waals surface area contributed by atoms with Gasteiger partial charge in [0.1, 0.15) is 11.6 Å². The molecule has 0 aliphatic rings. The van der Waals surface area contributed by atoms with E-state index in [9.17, 15) is 14.0 Å². The number of halogens is 2. The first-order valence-electron chi connectivity index (χ1n) is 7.76. The van der Waals surface area contributed by atoms with Crippen molar-refractivity contribution in [3.05, 3.63) is 64.4 Å². The fourth-order valence-electron chi connectivity index (χ4n) is 2.13. The van der Waals surface area contributed by atoms with Crippen molar-refractivity contribution in [2.75, 3.05) is 19.7 Å². The van der Waals surface area contributed by atoms with Crippen LogP contribution in [0, 0.1) is 5.82 Å². The van der Waals surface area contributed by atoms with E-state index in [4.69, 9.17) is 16.3 Å². The molecule has 0 fully saturated rings. The average molecular weight is 365 g/mol. The molecule has 2 rings (SSSR count). The molecule has 0 bridgehead atoms. The summed E-state index contributed by atoms with van der Waals surface area (Å²) in [5, 5.41) is 5.22. The van der Waals surface area contributed by atoms with Gasteiger partial charge in [-0.15, -0.1) is 0 Å². The molecule has 132 valence electrons. The molecule has 25 heavy (non-hydrogen) atoms. The SMILES string of the molecule is CCOc1ccc(C(=O)NCCNC(=O)c2c(F)cccc2Cl)cc1. The highest BCUT2D eigenvalue weighted by Gasteiger charge is 2.15. The Balaban J connectivity index is 1.80. The van der Waals surface area contributed by atoms with E-state index >= 15 is 0 Å². The summed E-state index contributed by atoms with van der Waals surface area (Å²) in [5.41, 5.74) is 0.272. The Kier molecular flexibility index (Phi) is 6.77. The molecule has 0 saturated heterocycles. The molecule has 7 heteroatoms. The largest absolute Gasteiger partial charge is 0.494 e. The summed E-state index contributed by atoms with van der Waals surface area (Å²) in [7, 11) is 0. The first kappa shape index (κ1) is 18.7. The quantitative estimate of drug-likeness (QED) is 0.742. The van der Waals surface area contributed by atoms with Gasteiger partial charge in [-0.05, 0) is 43.3 Å². The van der Waals surface area contributed by atoms with E-state index in [-0.39, 0.29) is 29.6 Å². The topological polar surface area (TPSA) is 67.4 Å². The number of nitrogens with one attached hydrogen (secondary N) is 2. The van der Waals surface area contributed by atoms with E-state index in [0.29, 0.717) is 17.9 Å². The lowest BCUT2D eigenvalue weighted by Crippen LogP contribution is -2.35. The van der Waals surface area contributed by atoms with Crippen molar-refractivity contribution >= 4 is 23.4 Å². The summed E-state index contributed by atoms with van der Waals surface area (Å²) < 4.78 is 18.9. The van der Waals surface area contributed by atoms with Gasteiger partial charge in [-0.25, -0.2) is 4.39 Å². The van der Waals surface area contributed by atoms with E-state index < -0.39 is 11.7 Å². The van der Waals surface area contributed by atoms with Crippen molar-refractivity contribution in [1.29, 1.82) is 0 Å². The smallest absolute Gasteiger partial charge is 0.255 e. The Morgan fingerprint density at radius 1 is 1.04 bits per heavy atom. The third kappa shape index (κ3) is 5.19. The summed E-state index contributed by atoms with van der Waals surface area (Å²) >= 11 is 5.82. The lowest BCUT2D eigenvalue weighted by Gasteiger charge is -2.09. The second-order valence-electron chi connectivity index (χ2n) is 5.07. The Morgan fingerprint density at radius 2 is 1.68 bits per heavy atom. The molecule has 0 heterocycles. The molecular formula is C18H18ClFN2O3. The van der Waals surface area contributed by atoms with Crippen molar-refractivity contribution in [1.82, 2.24) is 10.6 Å². The molecule has 0 aliphatic carbocycles. The number of carbonyl (C=O) groups excluding carboxylic acids is 2. The molecule has 5 nitrogen and oxygen atoms in total. The maximum Gasteiger partial charge on any atom is 0.255 e. The Labute approximate surface area is 150 Å². The van der Waals surface area contributed by atoms with Crippen molar-refractivity contribution in [2.24, 2.45) is 0 Å². The van der Waals surface area contributed by atoms with Crippen LogP contribution in [0.25, 0.3) is 0 Å². The lowest BCUT2D eigenvalue weighted by molar-refractivity contribution is 0.0925. The highest BCUT2D eigenvalue weighted by Crippen LogP contribution is 2.18. The molecule has 2 aromatic rings. The molecule has 0 atom stereocenters. The van der Waals surface area contributed by atoms with E-state index in [1.54, 1.807) is 24.3 Å². The fourth-order valence-corrected chi connectivity index (χ4v) is 2.38. The molecule has 2 amide bonds. The fraction of sp³-hybridized carbons (Fsp3) is 0.222. The Hall–Kier alpha value is -2.60. The van der Waals surface area contributed by atoms with E-state index in [1.807, 2.05) is 6.92 Å². The third-order valence-corrected chi connectivity index (χ3v) is 3.63. The summed E-state index contributed by atoms with van der Waals surface area (Å²) in [6, 6.07) is 10.7. The maximum atomic E-state index is 13.6. The van der Waals surface area contributed by atoms with Crippen molar-refractivity contribution in [3.63, 3.8) is 0 Å². The number of hydrogen-bond acceptors (Lipinski definition) is 3. The average Bonchev–Trinajstić information content (AvgIpc) is 2.59. The molecule has 0 aromatic heterocycles. The first-order valence-corrected chi connectivity index (χ1v) is 8.14. The predicted octanol–water partition coefficient (Wildman–Crippen LogP) is 3.04. The number of ether oxygens (including phenoxy) is 1. The number of carbonyl (C=O) groups is 2. The summed E-state index contributed by atoms with van der Waals surface area (Å²) in [6.07, 6.45) is 0. The van der Waals surface area contributed by atoms with Gasteiger partial charge in [-0.2, -0.15) is 0 Å². The molecule has 0 aliphatic heterocycles. The number of amides is 2. The normalized spacial score (nSPS) is 10.2. The predicted molar refractivity (Wildman–Crippen MR) is 93.7 cm³/mol. The molecule has 0 spiro atoms. The monoisotopic (exact) mass is 364 g/mol. The standard InChI is InChI=1S/C18H18ClFN2O3/c1-2-25-13-8-6-12(7-9-13)17(23)21-10-11-22-18(24)16-14(19)4-3-5-15(16)20/h3-9H,2,10-11H2,1H3,(H,21,23)(H,22,24). The second kappa shape index (κ2) is 9.03. The number of benzene rings is 2. The lowest BCUT2D eigenvalue weighted by atomic mass is 10.2. The van der Waals surface area contributed by atoms with Gasteiger partial charge in [0.05, 0.1) is 17.2 Å². The Morgan fingerprint density at radius 3 is 2.28 bits per heavy atom. The van der Waals surface area contributed by atoms with Gasteiger partial charge in [0.15, 0.2) is 0 Å². The van der Waals surface area contributed by atoms with Gasteiger partial charge < -0.3 is 15.4 Å². The summed E-state index contributed by atoms with van der Waals surface area (Å²) in [4.78, 5) is 23.9. The van der Waals surface area contributed by atoms with E-state index in [0.717, 1.165) is 6.07 Å². The number of rotatable bonds is 7. The van der Waals surface area contributed by atoms with Crippen LogP contribution in [0.15, 0.2) is 42.5 Å². The van der Waals surface area contributed by atoms with Crippen LogP contribution < -0.4 is 15.4 Å². The molecular weight excluding hydrogens is 347 g/mol. The van der Waals surface area contributed by atoms with Crippen molar-refractivity contribution in [2.45, 2.75) is 6.92 Å². The van der Waals surface area contributed by atoms with Gasteiger partial charge in [0.2, 0.25) is 0 Å². The van der Waals surface area contributed by atoms with Crippen molar-refractivity contribution in [3.8, 4) is 5.75 Å². The van der Waals surface area contributed by atoms with Gasteiger partial charge in [-0.1, -0.05) is 17.7 Å². The summed E-state index contributed by atoms with van der Waals surface area (Å²) in [5.74, 6) is -0.906. The second-order valence-corrected chi connectivity index (χ2v) is 5.47. The zero-order valence-electron chi connectivity index (χ0n) is 13.6. The molecule has 2 aromatic carbocycles. The van der Waals surface area contributed by atoms with Gasteiger partial charge >= 0.3 is 0 Å². The first-order chi connectivity index (χ1) is 12.0. The van der Waals surface area contributed by atoms with Crippen molar-refractivity contribution < 1.29 is 18.7 Å². The van der Waals surface area contributed by atoms with Gasteiger partial charge in [0, 0.05) is 18.7 Å². The van der Waals surface area contributed by atoms with Gasteiger partial charge in [0.25, 0.3) is 11.8 Å². The van der Waals surface area contributed by atoms with E-state index in [2.05, 4.69) is 10.6 Å². The minimum atomic E-state index is -0.691. The highest BCUT2D eigenvalue weighted by molar-refractivity contribution is 6.33. The van der Waals surface area contributed by atoms with Crippen LogP contribution in [0.5, 0.6) is 5.75 Å². The molecule has 0 saturated carbocycles. The summed E-state index contributed by atoms with van der Waals surface area (Å²) in [6.45, 7) is 2.77. The minimum Gasteiger partial charge on any atom is -0.494 e. The van der Waals surface area contributed by atoms with Crippen LogP contribution >= 0.6 is 11.6 Å². The van der Waals surface area contributed by atoms with Gasteiger partial charge in [-0.3, -0.25) is 9.59 Å². The van der Waals surface area contributed by atoms with Crippen LogP contribution in [-0.2, 0) is 0 Å². The van der Waals surface area contributed by atoms with Crippen LogP contribution in [0.3, 0.4) is 0 Å². The Bertz CT molecular complexity index is 730. The molecule has 2 N–H and O–H groups in total. The highest BCUT2D eigenvalue weighted by atomic mass is 35.5. The van der Waals surface area contributed by atoms with Crippen LogP contribution in [0.2, 0.25) is 5.02 Å². The zero-order chi connectivity index (χ0) is 18.2. The number of hydrogen-bond donors (Lipinski definition) is 2. The van der Waals surface area contributed by atoms with E-state index in [1.165, 1.54) is 12.1 Å². The third-order valence-electron chi connectivity index (χ3n) is 3.31. The maximum absolute atomic E-state index is 13.6. The van der Waals surface area contributed by atoms with Crippen LogP contribution in [0.1, 0.15) is 27.6 Å².